The zero-order valence-electron chi connectivity index (χ0n) is 19.0. The highest BCUT2D eigenvalue weighted by Crippen LogP contribution is 2.30. The van der Waals surface area contributed by atoms with E-state index in [9.17, 15) is 27.9 Å². The number of hydrogen-bond acceptors (Lipinski definition) is 7. The van der Waals surface area contributed by atoms with Crippen LogP contribution in [0.1, 0.15) is 41.0 Å². The van der Waals surface area contributed by atoms with Gasteiger partial charge in [0.15, 0.2) is 5.60 Å². The van der Waals surface area contributed by atoms with Gasteiger partial charge in [0.2, 0.25) is 0 Å². The molecular weight excluding hydrogens is 471 g/mol. The number of nitrogens with zero attached hydrogens (tertiary/aromatic N) is 3. The number of methoxy groups -OCH3 is 1. The number of aromatic nitrogens is 3. The third-order valence-electron chi connectivity index (χ3n) is 4.84. The first kappa shape index (κ1) is 25.5. The summed E-state index contributed by atoms with van der Waals surface area (Å²) in [5, 5.41) is 17.0. The lowest BCUT2D eigenvalue weighted by Gasteiger charge is -2.22. The van der Waals surface area contributed by atoms with E-state index < -0.39 is 29.3 Å². The predicted molar refractivity (Wildman–Crippen MR) is 115 cm³/mol. The highest BCUT2D eigenvalue weighted by molar-refractivity contribution is 5.92. The number of aliphatic carboxylic acids is 1. The van der Waals surface area contributed by atoms with Crippen LogP contribution in [-0.4, -0.2) is 44.7 Å². The van der Waals surface area contributed by atoms with Crippen LogP contribution in [0.4, 0.5) is 13.2 Å². The largest absolute Gasteiger partial charge is 0.496 e. The molecule has 0 fully saturated rings. The van der Waals surface area contributed by atoms with Gasteiger partial charge >= 0.3 is 18.1 Å². The summed E-state index contributed by atoms with van der Waals surface area (Å²) in [5.74, 6) is -1.56. The Morgan fingerprint density at radius 1 is 1.09 bits per heavy atom. The standard InChI is InChI=1S/C23H22F3N3O6/c1-22(2,21(31)32)35-17-8-9-18(19(10-17)33-3)20(30)34-13-16-12-29(28-27-16)11-14-4-6-15(7-5-14)23(24,25)26/h4-10,12H,11,13H2,1-3H3,(H,31,32). The summed E-state index contributed by atoms with van der Waals surface area (Å²) in [6, 6.07) is 8.85. The molecule has 186 valence electrons. The number of alkyl halides is 3. The normalized spacial score (nSPS) is 11.7. The molecule has 35 heavy (non-hydrogen) atoms. The van der Waals surface area contributed by atoms with E-state index in [0.717, 1.165) is 12.1 Å². The van der Waals surface area contributed by atoms with Gasteiger partial charge in [0.05, 0.1) is 25.4 Å². The summed E-state index contributed by atoms with van der Waals surface area (Å²) in [7, 11) is 1.34. The van der Waals surface area contributed by atoms with Gasteiger partial charge in [-0.1, -0.05) is 17.3 Å². The fourth-order valence-corrected chi connectivity index (χ4v) is 2.93. The molecular formula is C23H22F3N3O6. The summed E-state index contributed by atoms with van der Waals surface area (Å²) in [6.07, 6.45) is -2.90. The number of carboxylic acids is 1. The third kappa shape index (κ3) is 6.49. The molecule has 0 saturated heterocycles. The Morgan fingerprint density at radius 3 is 2.37 bits per heavy atom. The Hall–Kier alpha value is -4.09. The van der Waals surface area contributed by atoms with E-state index in [1.807, 2.05) is 0 Å². The number of rotatable bonds is 9. The lowest BCUT2D eigenvalue weighted by Crippen LogP contribution is -2.37. The first-order chi connectivity index (χ1) is 16.4. The fourth-order valence-electron chi connectivity index (χ4n) is 2.93. The predicted octanol–water partition coefficient (Wildman–Crippen LogP) is 3.95. The second kappa shape index (κ2) is 10.0. The number of carbonyl (C=O) groups excluding carboxylic acids is 1. The summed E-state index contributed by atoms with van der Waals surface area (Å²) in [4.78, 5) is 23.8. The minimum Gasteiger partial charge on any atom is -0.496 e. The van der Waals surface area contributed by atoms with Gasteiger partial charge in [0.25, 0.3) is 0 Å². The monoisotopic (exact) mass is 493 g/mol. The van der Waals surface area contributed by atoms with Crippen molar-refractivity contribution in [3.05, 3.63) is 71.0 Å². The lowest BCUT2D eigenvalue weighted by molar-refractivity contribution is -0.152. The fraction of sp³-hybridized carbons (Fsp3) is 0.304. The van der Waals surface area contributed by atoms with Gasteiger partial charge < -0.3 is 19.3 Å². The molecule has 0 radical (unpaired) electrons. The van der Waals surface area contributed by atoms with Gasteiger partial charge in [0.1, 0.15) is 29.4 Å². The zero-order valence-corrected chi connectivity index (χ0v) is 19.0. The average Bonchev–Trinajstić information content (AvgIpc) is 3.24. The molecule has 9 nitrogen and oxygen atoms in total. The van der Waals surface area contributed by atoms with Crippen molar-refractivity contribution in [3.8, 4) is 11.5 Å². The maximum Gasteiger partial charge on any atom is 0.416 e. The molecule has 0 unspecified atom stereocenters. The number of carbonyl (C=O) groups is 2. The van der Waals surface area contributed by atoms with Crippen molar-refractivity contribution in [1.82, 2.24) is 15.0 Å². The van der Waals surface area contributed by atoms with Crippen LogP contribution in [0.15, 0.2) is 48.7 Å². The average molecular weight is 493 g/mol. The van der Waals surface area contributed by atoms with Gasteiger partial charge in [-0.25, -0.2) is 14.3 Å². The molecule has 0 amide bonds. The number of carboxylic acid groups (broad SMARTS) is 1. The Labute approximate surface area is 198 Å². The van der Waals surface area contributed by atoms with Gasteiger partial charge in [0, 0.05) is 6.07 Å². The molecule has 1 aromatic heterocycles. The van der Waals surface area contributed by atoms with Gasteiger partial charge in [-0.3, -0.25) is 0 Å². The molecule has 1 N–H and O–H groups in total. The summed E-state index contributed by atoms with van der Waals surface area (Å²) in [5.41, 5.74) is -1.23. The zero-order chi connectivity index (χ0) is 25.8. The molecule has 0 spiro atoms. The number of benzene rings is 2. The van der Waals surface area contributed by atoms with Crippen LogP contribution in [-0.2, 0) is 28.9 Å². The quantitative estimate of drug-likeness (QED) is 0.446. The van der Waals surface area contributed by atoms with E-state index in [0.29, 0.717) is 11.3 Å². The molecule has 12 heteroatoms. The van der Waals surface area contributed by atoms with Crippen molar-refractivity contribution >= 4 is 11.9 Å². The smallest absolute Gasteiger partial charge is 0.416 e. The lowest BCUT2D eigenvalue weighted by atomic mass is 10.1. The topological polar surface area (TPSA) is 113 Å². The van der Waals surface area contributed by atoms with Crippen LogP contribution in [0.5, 0.6) is 11.5 Å². The SMILES string of the molecule is COc1cc(OC(C)(C)C(=O)O)ccc1C(=O)OCc1cn(Cc2ccc(C(F)(F)F)cc2)nn1. The molecule has 0 aliphatic rings. The number of hydrogen-bond donors (Lipinski definition) is 1. The molecule has 0 aliphatic carbocycles. The Kier molecular flexibility index (Phi) is 7.32. The Morgan fingerprint density at radius 2 is 1.77 bits per heavy atom. The second-order valence-electron chi connectivity index (χ2n) is 7.96. The van der Waals surface area contributed by atoms with Crippen LogP contribution in [0.25, 0.3) is 0 Å². The maximum atomic E-state index is 12.7. The Balaban J connectivity index is 1.61. The first-order valence-corrected chi connectivity index (χ1v) is 10.2. The minimum atomic E-state index is -4.41. The van der Waals surface area contributed by atoms with Crippen molar-refractivity contribution in [3.63, 3.8) is 0 Å². The molecule has 0 saturated carbocycles. The van der Waals surface area contributed by atoms with Crippen molar-refractivity contribution in [2.24, 2.45) is 0 Å². The number of esters is 1. The highest BCUT2D eigenvalue weighted by Gasteiger charge is 2.30. The molecule has 0 aliphatic heterocycles. The second-order valence-corrected chi connectivity index (χ2v) is 7.96. The summed E-state index contributed by atoms with van der Waals surface area (Å²) < 4.78 is 55.3. The van der Waals surface area contributed by atoms with Crippen LogP contribution < -0.4 is 9.47 Å². The first-order valence-electron chi connectivity index (χ1n) is 10.2. The molecule has 3 rings (SSSR count). The van der Waals surface area contributed by atoms with E-state index in [1.54, 1.807) is 0 Å². The van der Waals surface area contributed by atoms with Crippen LogP contribution in [0.3, 0.4) is 0 Å². The van der Waals surface area contributed by atoms with E-state index in [4.69, 9.17) is 14.2 Å². The number of ether oxygens (including phenoxy) is 3. The third-order valence-corrected chi connectivity index (χ3v) is 4.84. The minimum absolute atomic E-state index is 0.0881. The Bertz CT molecular complexity index is 1210. The van der Waals surface area contributed by atoms with Gasteiger partial charge in [-0.2, -0.15) is 13.2 Å². The van der Waals surface area contributed by atoms with E-state index in [1.165, 1.54) is 62.2 Å². The van der Waals surface area contributed by atoms with Crippen molar-refractivity contribution < 1.29 is 42.1 Å². The van der Waals surface area contributed by atoms with Crippen molar-refractivity contribution in [2.75, 3.05) is 7.11 Å². The van der Waals surface area contributed by atoms with E-state index in [-0.39, 0.29) is 30.2 Å². The molecule has 1 heterocycles. The molecule has 0 atom stereocenters. The molecule has 2 aromatic carbocycles. The van der Waals surface area contributed by atoms with E-state index >= 15 is 0 Å². The summed E-state index contributed by atoms with van der Waals surface area (Å²) in [6.45, 7) is 2.74. The van der Waals surface area contributed by atoms with Gasteiger partial charge in [-0.15, -0.1) is 5.10 Å². The van der Waals surface area contributed by atoms with Crippen LogP contribution >= 0.6 is 0 Å². The molecule has 3 aromatic rings. The van der Waals surface area contributed by atoms with E-state index in [2.05, 4.69) is 10.3 Å². The maximum absolute atomic E-state index is 12.7. The highest BCUT2D eigenvalue weighted by atomic mass is 19.4. The van der Waals surface area contributed by atoms with Crippen LogP contribution in [0.2, 0.25) is 0 Å². The molecule has 0 bridgehead atoms. The summed E-state index contributed by atoms with van der Waals surface area (Å²) >= 11 is 0. The van der Waals surface area contributed by atoms with Gasteiger partial charge in [-0.05, 0) is 43.7 Å². The van der Waals surface area contributed by atoms with Crippen molar-refractivity contribution in [2.45, 2.75) is 38.8 Å². The van der Waals surface area contributed by atoms with Crippen LogP contribution in [0, 0.1) is 0 Å². The number of halogens is 3. The van der Waals surface area contributed by atoms with Crippen molar-refractivity contribution in [1.29, 1.82) is 0 Å².